The van der Waals surface area contributed by atoms with Crippen molar-refractivity contribution < 1.29 is 5.11 Å². The van der Waals surface area contributed by atoms with Crippen LogP contribution in [0.5, 0.6) is 0 Å². The molecule has 0 saturated heterocycles. The molecule has 1 aromatic rings. The molecule has 0 aliphatic carbocycles. The van der Waals surface area contributed by atoms with Gasteiger partial charge in [0.2, 0.25) is 0 Å². The van der Waals surface area contributed by atoms with E-state index in [4.69, 9.17) is 5.11 Å². The molecule has 0 atom stereocenters. The fraction of sp³-hybridized carbons (Fsp3) is 0.375. The molecule has 1 rings (SSSR count). The minimum Gasteiger partial charge on any atom is -0.396 e. The molecule has 0 bridgehead atoms. The maximum absolute atomic E-state index is 10.9. The van der Waals surface area contributed by atoms with Gasteiger partial charge >= 0.3 is 0 Å². The molecule has 0 unspecified atom stereocenters. The highest BCUT2D eigenvalue weighted by Crippen LogP contribution is 1.97. The van der Waals surface area contributed by atoms with E-state index in [1.807, 2.05) is 0 Å². The zero-order valence-electron chi connectivity index (χ0n) is 6.42. The van der Waals surface area contributed by atoms with Crippen LogP contribution >= 0.6 is 0 Å². The van der Waals surface area contributed by atoms with Gasteiger partial charge in [0, 0.05) is 18.4 Å². The van der Waals surface area contributed by atoms with Crippen LogP contribution < -0.4 is 5.56 Å². The van der Waals surface area contributed by atoms with E-state index >= 15 is 0 Å². The van der Waals surface area contributed by atoms with Crippen molar-refractivity contribution in [2.45, 2.75) is 13.3 Å². The van der Waals surface area contributed by atoms with Gasteiger partial charge in [-0.25, -0.2) is 0 Å². The highest BCUT2D eigenvalue weighted by Gasteiger charge is 1.94. The Morgan fingerprint density at radius 2 is 2.36 bits per heavy atom. The molecule has 0 aromatic carbocycles. The number of nitrogens with one attached hydrogen (secondary N) is 1. The average molecular weight is 153 g/mol. The van der Waals surface area contributed by atoms with Crippen molar-refractivity contribution in [1.29, 1.82) is 0 Å². The lowest BCUT2D eigenvalue weighted by Crippen LogP contribution is -2.09. The number of hydrogen-bond donors (Lipinski definition) is 2. The second kappa shape index (κ2) is 3.34. The third-order valence-corrected chi connectivity index (χ3v) is 1.55. The zero-order valence-corrected chi connectivity index (χ0v) is 6.42. The molecule has 0 fully saturated rings. The molecule has 60 valence electrons. The number of rotatable bonds is 2. The Kier molecular flexibility index (Phi) is 2.44. The molecule has 11 heavy (non-hydrogen) atoms. The zero-order chi connectivity index (χ0) is 8.27. The van der Waals surface area contributed by atoms with Crippen molar-refractivity contribution in [3.63, 3.8) is 0 Å². The minimum absolute atomic E-state index is 0.0633. The number of aryl methyl sites for hydroxylation is 1. The Morgan fingerprint density at radius 1 is 1.64 bits per heavy atom. The van der Waals surface area contributed by atoms with Crippen LogP contribution in [0.25, 0.3) is 0 Å². The normalized spacial score (nSPS) is 10.0. The number of aliphatic hydroxyl groups excluding tert-OH is 1. The first-order valence-electron chi connectivity index (χ1n) is 3.53. The van der Waals surface area contributed by atoms with Gasteiger partial charge in [-0.05, 0) is 25.0 Å². The third-order valence-electron chi connectivity index (χ3n) is 1.55. The van der Waals surface area contributed by atoms with Gasteiger partial charge in [0.05, 0.1) is 0 Å². The van der Waals surface area contributed by atoms with Crippen LogP contribution in [0.1, 0.15) is 11.1 Å². The molecule has 0 saturated carbocycles. The molecule has 0 radical (unpaired) electrons. The van der Waals surface area contributed by atoms with Gasteiger partial charge in [0.1, 0.15) is 0 Å². The van der Waals surface area contributed by atoms with E-state index in [0.717, 1.165) is 5.56 Å². The summed E-state index contributed by atoms with van der Waals surface area (Å²) >= 11 is 0. The van der Waals surface area contributed by atoms with E-state index in [0.29, 0.717) is 12.0 Å². The van der Waals surface area contributed by atoms with E-state index in [1.54, 1.807) is 19.2 Å². The van der Waals surface area contributed by atoms with Crippen molar-refractivity contribution >= 4 is 0 Å². The summed E-state index contributed by atoms with van der Waals surface area (Å²) in [7, 11) is 0. The number of hydrogen-bond acceptors (Lipinski definition) is 2. The lowest BCUT2D eigenvalue weighted by molar-refractivity contribution is 0.299. The van der Waals surface area contributed by atoms with E-state index in [9.17, 15) is 4.79 Å². The molecule has 0 aliphatic heterocycles. The second-order valence-electron chi connectivity index (χ2n) is 2.49. The third kappa shape index (κ3) is 1.91. The maximum atomic E-state index is 10.9. The largest absolute Gasteiger partial charge is 0.396 e. The lowest BCUT2D eigenvalue weighted by Gasteiger charge is -1.97. The van der Waals surface area contributed by atoms with Gasteiger partial charge in [-0.2, -0.15) is 0 Å². The predicted octanol–water partition coefficient (Wildman–Crippen LogP) is 0.218. The average Bonchev–Trinajstić information content (AvgIpc) is 1.98. The van der Waals surface area contributed by atoms with Crippen LogP contribution in [-0.2, 0) is 6.42 Å². The van der Waals surface area contributed by atoms with E-state index in [2.05, 4.69) is 4.98 Å². The fourth-order valence-corrected chi connectivity index (χ4v) is 0.931. The monoisotopic (exact) mass is 153 g/mol. The van der Waals surface area contributed by atoms with E-state index in [1.165, 1.54) is 0 Å². The molecule has 3 heteroatoms. The van der Waals surface area contributed by atoms with Crippen molar-refractivity contribution in [2.24, 2.45) is 0 Å². The van der Waals surface area contributed by atoms with Gasteiger partial charge in [0.25, 0.3) is 5.56 Å². The number of pyridine rings is 1. The summed E-state index contributed by atoms with van der Waals surface area (Å²) in [5, 5.41) is 8.59. The van der Waals surface area contributed by atoms with Crippen LogP contribution in [0, 0.1) is 6.92 Å². The van der Waals surface area contributed by atoms with Crippen LogP contribution in [0.4, 0.5) is 0 Å². The number of H-pyrrole nitrogens is 1. The topological polar surface area (TPSA) is 53.1 Å². The van der Waals surface area contributed by atoms with Crippen LogP contribution in [0.2, 0.25) is 0 Å². The summed E-state index contributed by atoms with van der Waals surface area (Å²) in [6.07, 6.45) is 2.23. The molecule has 1 aromatic heterocycles. The summed E-state index contributed by atoms with van der Waals surface area (Å²) in [4.78, 5) is 13.4. The Hall–Kier alpha value is -1.09. The van der Waals surface area contributed by atoms with Crippen molar-refractivity contribution in [2.75, 3.05) is 6.61 Å². The van der Waals surface area contributed by atoms with Gasteiger partial charge in [0.15, 0.2) is 0 Å². The van der Waals surface area contributed by atoms with Crippen LogP contribution in [-0.4, -0.2) is 16.7 Å². The molecule has 0 aliphatic rings. The summed E-state index contributed by atoms with van der Waals surface area (Å²) in [6, 6.07) is 1.79. The molecule has 2 N–H and O–H groups in total. The molecular weight excluding hydrogens is 142 g/mol. The van der Waals surface area contributed by atoms with Gasteiger partial charge < -0.3 is 10.1 Å². The molecule has 1 heterocycles. The van der Waals surface area contributed by atoms with Crippen molar-refractivity contribution in [1.82, 2.24) is 4.98 Å². The Morgan fingerprint density at radius 3 is 2.91 bits per heavy atom. The Labute approximate surface area is 64.7 Å². The van der Waals surface area contributed by atoms with Crippen LogP contribution in [0.3, 0.4) is 0 Å². The predicted molar refractivity (Wildman–Crippen MR) is 42.6 cm³/mol. The quantitative estimate of drug-likeness (QED) is 0.638. The number of aliphatic hydroxyl groups is 1. The maximum Gasteiger partial charge on any atom is 0.250 e. The van der Waals surface area contributed by atoms with E-state index in [-0.39, 0.29) is 12.2 Å². The van der Waals surface area contributed by atoms with Crippen molar-refractivity contribution in [3.05, 3.63) is 33.7 Å². The van der Waals surface area contributed by atoms with Crippen LogP contribution in [0.15, 0.2) is 17.1 Å². The summed E-state index contributed by atoms with van der Waals surface area (Å²) in [5.41, 5.74) is 1.59. The summed E-state index contributed by atoms with van der Waals surface area (Å²) in [5.74, 6) is 0. The summed E-state index contributed by atoms with van der Waals surface area (Å²) in [6.45, 7) is 1.87. The first kappa shape index (κ1) is 8.01. The molecule has 0 spiro atoms. The first-order valence-corrected chi connectivity index (χ1v) is 3.53. The second-order valence-corrected chi connectivity index (χ2v) is 2.49. The van der Waals surface area contributed by atoms with Gasteiger partial charge in [-0.1, -0.05) is 0 Å². The number of aromatic amines is 1. The number of aromatic nitrogens is 1. The smallest absolute Gasteiger partial charge is 0.250 e. The minimum atomic E-state index is -0.0633. The Balaban J connectivity index is 2.96. The van der Waals surface area contributed by atoms with Crippen molar-refractivity contribution in [3.8, 4) is 0 Å². The molecule has 0 amide bonds. The van der Waals surface area contributed by atoms with Gasteiger partial charge in [-0.3, -0.25) is 4.79 Å². The van der Waals surface area contributed by atoms with Gasteiger partial charge in [-0.15, -0.1) is 0 Å². The summed E-state index contributed by atoms with van der Waals surface area (Å²) < 4.78 is 0. The molecular formula is C8H11NO2. The van der Waals surface area contributed by atoms with E-state index < -0.39 is 0 Å². The molecule has 3 nitrogen and oxygen atoms in total. The Bertz CT molecular complexity index is 290. The fourth-order valence-electron chi connectivity index (χ4n) is 0.931. The first-order chi connectivity index (χ1) is 5.24. The highest BCUT2D eigenvalue weighted by atomic mass is 16.2. The highest BCUT2D eigenvalue weighted by molar-refractivity contribution is 5.16. The standard InChI is InChI=1S/C8H11NO2/c1-6-4-7(2-3-10)5-9-8(6)11/h4-5,10H,2-3H2,1H3,(H,9,11). The lowest BCUT2D eigenvalue weighted by atomic mass is 10.2. The SMILES string of the molecule is Cc1cc(CCO)c[nH]c1=O.